The fourth-order valence-electron chi connectivity index (χ4n) is 4.03. The number of amidine groups is 1. The number of carbonyl (C=O) groups is 2. The molecule has 0 radical (unpaired) electrons. The number of methoxy groups -OCH3 is 2. The van der Waals surface area contributed by atoms with Crippen LogP contribution in [0.3, 0.4) is 0 Å². The van der Waals surface area contributed by atoms with E-state index in [0.29, 0.717) is 23.8 Å². The summed E-state index contributed by atoms with van der Waals surface area (Å²) in [6, 6.07) is 21.0. The van der Waals surface area contributed by atoms with Crippen molar-refractivity contribution >= 4 is 40.1 Å². The van der Waals surface area contributed by atoms with Gasteiger partial charge in [-0.25, -0.2) is 4.99 Å². The molecule has 7 nitrogen and oxygen atoms in total. The first-order chi connectivity index (χ1) is 17.9. The van der Waals surface area contributed by atoms with Gasteiger partial charge in [0.05, 0.1) is 19.9 Å². The van der Waals surface area contributed by atoms with Crippen LogP contribution in [0.15, 0.2) is 71.7 Å². The Morgan fingerprint density at radius 1 is 1.00 bits per heavy atom. The first-order valence-corrected chi connectivity index (χ1v) is 12.9. The summed E-state index contributed by atoms with van der Waals surface area (Å²) >= 11 is 1.32. The Balaban J connectivity index is 1.55. The molecule has 1 aliphatic heterocycles. The molecular formula is C29H31N3O4S. The van der Waals surface area contributed by atoms with Gasteiger partial charge in [0.2, 0.25) is 11.8 Å². The SMILES string of the molecule is COc1ccc(CCN2C(=O)CC(C(=O)Nc3ccc(C)cc3C)SC2=Nc2ccc(OC)cc2)cc1. The summed E-state index contributed by atoms with van der Waals surface area (Å²) in [5.74, 6) is 1.18. The van der Waals surface area contributed by atoms with E-state index in [9.17, 15) is 9.59 Å². The molecule has 1 heterocycles. The van der Waals surface area contributed by atoms with Gasteiger partial charge < -0.3 is 14.8 Å². The summed E-state index contributed by atoms with van der Waals surface area (Å²) in [6.07, 6.45) is 0.753. The molecule has 0 bridgehead atoms. The highest BCUT2D eigenvalue weighted by molar-refractivity contribution is 8.15. The third-order valence-electron chi connectivity index (χ3n) is 6.15. The quantitative estimate of drug-likeness (QED) is 0.425. The van der Waals surface area contributed by atoms with Gasteiger partial charge in [0.1, 0.15) is 16.7 Å². The normalized spacial score (nSPS) is 16.5. The van der Waals surface area contributed by atoms with E-state index in [0.717, 1.165) is 33.9 Å². The van der Waals surface area contributed by atoms with Crippen LogP contribution >= 0.6 is 11.8 Å². The maximum absolute atomic E-state index is 13.3. The standard InChI is InChI=1S/C29H31N3O4S/c1-19-5-14-25(20(2)17-19)31-28(34)26-18-27(33)32(16-15-21-6-10-23(35-3)11-7-21)29(37-26)30-22-8-12-24(36-4)13-9-22/h5-14,17,26H,15-16,18H2,1-4H3,(H,31,34). The summed E-state index contributed by atoms with van der Waals surface area (Å²) in [4.78, 5) is 32.9. The second-order valence-electron chi connectivity index (χ2n) is 8.85. The summed E-state index contributed by atoms with van der Waals surface area (Å²) in [7, 11) is 3.24. The van der Waals surface area contributed by atoms with Crippen molar-refractivity contribution in [3.05, 3.63) is 83.4 Å². The molecule has 8 heteroatoms. The van der Waals surface area contributed by atoms with Crippen LogP contribution in [0.1, 0.15) is 23.1 Å². The van der Waals surface area contributed by atoms with Crippen LogP contribution in [0.2, 0.25) is 0 Å². The van der Waals surface area contributed by atoms with Crippen molar-refractivity contribution in [1.82, 2.24) is 4.90 Å². The number of nitrogens with one attached hydrogen (secondary N) is 1. The van der Waals surface area contributed by atoms with E-state index < -0.39 is 5.25 Å². The molecule has 3 aromatic rings. The Hall–Kier alpha value is -3.78. The molecule has 0 spiro atoms. The van der Waals surface area contributed by atoms with Crippen LogP contribution in [-0.4, -0.2) is 47.9 Å². The number of amides is 2. The topological polar surface area (TPSA) is 80.2 Å². The van der Waals surface area contributed by atoms with E-state index in [1.807, 2.05) is 80.6 Å². The summed E-state index contributed by atoms with van der Waals surface area (Å²) < 4.78 is 10.5. The number of benzene rings is 3. The lowest BCUT2D eigenvalue weighted by Crippen LogP contribution is -2.46. The molecule has 1 aliphatic rings. The van der Waals surface area contributed by atoms with Gasteiger partial charge in [0.15, 0.2) is 5.17 Å². The number of thioether (sulfide) groups is 1. The van der Waals surface area contributed by atoms with Crippen LogP contribution in [-0.2, 0) is 16.0 Å². The Labute approximate surface area is 221 Å². The van der Waals surface area contributed by atoms with Crippen molar-refractivity contribution in [2.24, 2.45) is 4.99 Å². The second kappa shape index (κ2) is 12.0. The fraction of sp³-hybridized carbons (Fsp3) is 0.276. The van der Waals surface area contributed by atoms with Crippen LogP contribution < -0.4 is 14.8 Å². The molecule has 1 saturated heterocycles. The van der Waals surface area contributed by atoms with E-state index in [-0.39, 0.29) is 18.2 Å². The number of nitrogens with zero attached hydrogens (tertiary/aromatic N) is 2. The number of hydrogen-bond donors (Lipinski definition) is 1. The van der Waals surface area contributed by atoms with Gasteiger partial charge in [0, 0.05) is 18.7 Å². The minimum atomic E-state index is -0.581. The van der Waals surface area contributed by atoms with Gasteiger partial charge in [-0.05, 0) is 73.9 Å². The van der Waals surface area contributed by atoms with Gasteiger partial charge in [-0.3, -0.25) is 14.5 Å². The highest BCUT2D eigenvalue weighted by Gasteiger charge is 2.36. The lowest BCUT2D eigenvalue weighted by Gasteiger charge is -2.32. The van der Waals surface area contributed by atoms with Crippen molar-refractivity contribution in [2.45, 2.75) is 31.9 Å². The van der Waals surface area contributed by atoms with E-state index in [2.05, 4.69) is 5.32 Å². The third-order valence-corrected chi connectivity index (χ3v) is 7.34. The largest absolute Gasteiger partial charge is 0.497 e. The first kappa shape index (κ1) is 26.3. The molecule has 37 heavy (non-hydrogen) atoms. The van der Waals surface area contributed by atoms with Crippen LogP contribution in [0.25, 0.3) is 0 Å². The van der Waals surface area contributed by atoms with Crippen molar-refractivity contribution in [3.8, 4) is 11.5 Å². The number of rotatable bonds is 8. The number of carbonyl (C=O) groups excluding carboxylic acids is 2. The highest BCUT2D eigenvalue weighted by Crippen LogP contribution is 2.31. The summed E-state index contributed by atoms with van der Waals surface area (Å²) in [5, 5.41) is 2.93. The zero-order valence-electron chi connectivity index (χ0n) is 21.5. The Morgan fingerprint density at radius 2 is 1.65 bits per heavy atom. The van der Waals surface area contributed by atoms with Crippen molar-refractivity contribution in [1.29, 1.82) is 0 Å². The number of aryl methyl sites for hydroxylation is 2. The lowest BCUT2D eigenvalue weighted by atomic mass is 10.1. The summed E-state index contributed by atoms with van der Waals surface area (Å²) in [6.45, 7) is 4.43. The molecule has 2 amide bonds. The predicted octanol–water partition coefficient (Wildman–Crippen LogP) is 5.52. The van der Waals surface area contributed by atoms with E-state index in [1.165, 1.54) is 11.8 Å². The Kier molecular flexibility index (Phi) is 8.50. The van der Waals surface area contributed by atoms with Crippen molar-refractivity contribution in [3.63, 3.8) is 0 Å². The van der Waals surface area contributed by atoms with Crippen LogP contribution in [0.5, 0.6) is 11.5 Å². The maximum Gasteiger partial charge on any atom is 0.238 e. The highest BCUT2D eigenvalue weighted by atomic mass is 32.2. The van der Waals surface area contributed by atoms with Crippen LogP contribution in [0, 0.1) is 13.8 Å². The fourth-order valence-corrected chi connectivity index (χ4v) is 5.15. The van der Waals surface area contributed by atoms with Gasteiger partial charge in [-0.1, -0.05) is 41.6 Å². The molecule has 4 rings (SSSR count). The number of ether oxygens (including phenoxy) is 2. The molecule has 192 valence electrons. The number of hydrogen-bond acceptors (Lipinski definition) is 6. The molecule has 1 N–H and O–H groups in total. The minimum absolute atomic E-state index is 0.103. The van der Waals surface area contributed by atoms with Crippen molar-refractivity contribution < 1.29 is 19.1 Å². The number of anilines is 1. The Morgan fingerprint density at radius 3 is 2.27 bits per heavy atom. The predicted molar refractivity (Wildman–Crippen MR) is 149 cm³/mol. The van der Waals surface area contributed by atoms with Crippen LogP contribution in [0.4, 0.5) is 11.4 Å². The molecule has 1 fully saturated rings. The van der Waals surface area contributed by atoms with Gasteiger partial charge in [0.25, 0.3) is 0 Å². The monoisotopic (exact) mass is 517 g/mol. The molecule has 3 aromatic carbocycles. The average molecular weight is 518 g/mol. The molecular weight excluding hydrogens is 486 g/mol. The molecule has 0 aromatic heterocycles. The average Bonchev–Trinajstić information content (AvgIpc) is 2.90. The van der Waals surface area contributed by atoms with Crippen molar-refractivity contribution in [2.75, 3.05) is 26.1 Å². The van der Waals surface area contributed by atoms with E-state index in [1.54, 1.807) is 19.1 Å². The zero-order valence-corrected chi connectivity index (χ0v) is 22.3. The molecule has 0 aliphatic carbocycles. The minimum Gasteiger partial charge on any atom is -0.497 e. The number of aliphatic imine (C=N–C) groups is 1. The smallest absolute Gasteiger partial charge is 0.238 e. The van der Waals surface area contributed by atoms with E-state index >= 15 is 0 Å². The van der Waals surface area contributed by atoms with Gasteiger partial charge >= 0.3 is 0 Å². The van der Waals surface area contributed by atoms with Gasteiger partial charge in [-0.2, -0.15) is 0 Å². The first-order valence-electron chi connectivity index (χ1n) is 12.1. The van der Waals surface area contributed by atoms with Gasteiger partial charge in [-0.15, -0.1) is 0 Å². The summed E-state index contributed by atoms with van der Waals surface area (Å²) in [5.41, 5.74) is 4.62. The maximum atomic E-state index is 13.3. The van der Waals surface area contributed by atoms with E-state index in [4.69, 9.17) is 14.5 Å². The third kappa shape index (κ3) is 6.71. The second-order valence-corrected chi connectivity index (χ2v) is 10.0. The Bertz CT molecular complexity index is 1290. The molecule has 1 unspecified atom stereocenters. The zero-order chi connectivity index (χ0) is 26.4. The molecule has 0 saturated carbocycles. The lowest BCUT2D eigenvalue weighted by molar-refractivity contribution is -0.129. The molecule has 1 atom stereocenters.